The Balaban J connectivity index is 1.77. The van der Waals surface area contributed by atoms with E-state index in [0.29, 0.717) is 19.5 Å². The molecule has 8 nitrogen and oxygen atoms in total. The highest BCUT2D eigenvalue weighted by Gasteiger charge is 2.33. The highest BCUT2D eigenvalue weighted by atomic mass is 32.2. The second-order valence-corrected chi connectivity index (χ2v) is 8.40. The summed E-state index contributed by atoms with van der Waals surface area (Å²) in [5.41, 5.74) is 2.63. The van der Waals surface area contributed by atoms with E-state index in [1.807, 2.05) is 13.2 Å². The van der Waals surface area contributed by atoms with Crippen LogP contribution in [0.15, 0.2) is 24.8 Å². The summed E-state index contributed by atoms with van der Waals surface area (Å²) in [6, 6.07) is 0. The van der Waals surface area contributed by atoms with Gasteiger partial charge in [0.2, 0.25) is 0 Å². The van der Waals surface area contributed by atoms with Crippen LogP contribution < -0.4 is 0 Å². The molecule has 0 spiro atoms. The second kappa shape index (κ2) is 6.58. The van der Waals surface area contributed by atoms with Gasteiger partial charge in [0, 0.05) is 58.4 Å². The first-order valence-electron chi connectivity index (χ1n) is 7.84. The monoisotopic (exact) mass is 350 g/mol. The largest absolute Gasteiger partial charge is 0.281 e. The number of hydrogen-bond acceptors (Lipinski definition) is 5. The van der Waals surface area contributed by atoms with Gasteiger partial charge in [-0.1, -0.05) is 0 Å². The molecule has 1 fully saturated rings. The molecule has 3 heterocycles. The summed E-state index contributed by atoms with van der Waals surface area (Å²) in [7, 11) is 1.64. The molecule has 0 N–H and O–H groups in total. The molecule has 2 aromatic heterocycles. The minimum Gasteiger partial charge on any atom is -0.275 e. The average Bonchev–Trinajstić information content (AvgIpc) is 3.17. The number of aryl methyl sites for hydroxylation is 1. The fraction of sp³-hybridized carbons (Fsp3) is 0.533. The van der Waals surface area contributed by atoms with Crippen molar-refractivity contribution in [3.05, 3.63) is 30.5 Å². The molecular formula is C15H22N6O2S. The Morgan fingerprint density at radius 3 is 2.71 bits per heavy atom. The predicted molar refractivity (Wildman–Crippen MR) is 90.2 cm³/mol. The second-order valence-electron chi connectivity index (χ2n) is 6.26. The van der Waals surface area contributed by atoms with Gasteiger partial charge in [-0.15, -0.1) is 0 Å². The van der Waals surface area contributed by atoms with Crippen LogP contribution in [-0.2, 0) is 23.7 Å². The van der Waals surface area contributed by atoms with Gasteiger partial charge in [0.15, 0.2) is 0 Å². The zero-order valence-corrected chi connectivity index (χ0v) is 14.9. The molecule has 1 saturated heterocycles. The third-order valence-corrected chi connectivity index (χ3v) is 6.18. The van der Waals surface area contributed by atoms with Crippen molar-refractivity contribution in [3.63, 3.8) is 0 Å². The molecule has 24 heavy (non-hydrogen) atoms. The Kier molecular flexibility index (Phi) is 4.66. The first kappa shape index (κ1) is 17.0. The lowest BCUT2D eigenvalue weighted by Crippen LogP contribution is -2.38. The number of nitrogens with zero attached hydrogens (tertiary/aromatic N) is 6. The Hall–Kier alpha value is -1.84. The van der Waals surface area contributed by atoms with Crippen LogP contribution in [0.5, 0.6) is 0 Å². The van der Waals surface area contributed by atoms with E-state index in [0.717, 1.165) is 23.4 Å². The van der Waals surface area contributed by atoms with E-state index in [4.69, 9.17) is 0 Å². The fourth-order valence-corrected chi connectivity index (χ4v) is 4.18. The molecule has 0 bridgehead atoms. The highest BCUT2D eigenvalue weighted by Crippen LogP contribution is 2.27. The molecule has 0 radical (unpaired) electrons. The van der Waals surface area contributed by atoms with E-state index in [-0.39, 0.29) is 5.92 Å². The zero-order chi connectivity index (χ0) is 17.3. The van der Waals surface area contributed by atoms with Gasteiger partial charge in [0.05, 0.1) is 17.6 Å². The van der Waals surface area contributed by atoms with E-state index in [9.17, 15) is 8.42 Å². The average molecular weight is 350 g/mol. The van der Waals surface area contributed by atoms with Gasteiger partial charge in [-0.25, -0.2) is 0 Å². The Labute approximate surface area is 142 Å². The molecule has 1 atom stereocenters. The SMILES string of the molecule is CN(C)S(=O)(=O)N1CC[C@@H](Cc2nccnc2-c2cnn(C)c2)C1. The van der Waals surface area contributed by atoms with Crippen molar-refractivity contribution in [2.75, 3.05) is 27.2 Å². The van der Waals surface area contributed by atoms with Crippen LogP contribution in [0.25, 0.3) is 11.3 Å². The summed E-state index contributed by atoms with van der Waals surface area (Å²) in [5.74, 6) is 0.242. The minimum atomic E-state index is -3.34. The Morgan fingerprint density at radius 2 is 2.04 bits per heavy atom. The van der Waals surface area contributed by atoms with E-state index < -0.39 is 10.2 Å². The van der Waals surface area contributed by atoms with Crippen molar-refractivity contribution >= 4 is 10.2 Å². The molecule has 0 aliphatic carbocycles. The van der Waals surface area contributed by atoms with Crippen LogP contribution in [0, 0.1) is 5.92 Å². The zero-order valence-electron chi connectivity index (χ0n) is 14.1. The fourth-order valence-electron chi connectivity index (χ4n) is 2.98. The molecule has 0 unspecified atom stereocenters. The molecule has 0 saturated carbocycles. The summed E-state index contributed by atoms with van der Waals surface area (Å²) >= 11 is 0. The van der Waals surface area contributed by atoms with Gasteiger partial charge in [-0.2, -0.15) is 22.1 Å². The summed E-state index contributed by atoms with van der Waals surface area (Å²) in [6.45, 7) is 1.07. The van der Waals surface area contributed by atoms with E-state index in [1.54, 1.807) is 37.4 Å². The van der Waals surface area contributed by atoms with Gasteiger partial charge >= 0.3 is 0 Å². The van der Waals surface area contributed by atoms with E-state index in [1.165, 1.54) is 8.61 Å². The standard InChI is InChI=1S/C15H22N6O2S/c1-19(2)24(22,23)21-7-4-12(10-21)8-14-15(17-6-5-16-14)13-9-18-20(3)11-13/h5-6,9,11-12H,4,7-8,10H2,1-3H3/t12-/m0/s1. The van der Waals surface area contributed by atoms with Crippen LogP contribution >= 0.6 is 0 Å². The maximum absolute atomic E-state index is 12.2. The maximum Gasteiger partial charge on any atom is 0.281 e. The van der Waals surface area contributed by atoms with E-state index >= 15 is 0 Å². The number of hydrogen-bond donors (Lipinski definition) is 0. The smallest absolute Gasteiger partial charge is 0.275 e. The molecular weight excluding hydrogens is 328 g/mol. The minimum absolute atomic E-state index is 0.242. The molecule has 3 rings (SSSR count). The number of aromatic nitrogens is 4. The first-order chi connectivity index (χ1) is 11.4. The van der Waals surface area contributed by atoms with Crippen LogP contribution in [0.1, 0.15) is 12.1 Å². The van der Waals surface area contributed by atoms with Crippen molar-refractivity contribution in [2.24, 2.45) is 13.0 Å². The van der Waals surface area contributed by atoms with E-state index in [2.05, 4.69) is 15.1 Å². The highest BCUT2D eigenvalue weighted by molar-refractivity contribution is 7.86. The van der Waals surface area contributed by atoms with Gasteiger partial charge in [-0.05, 0) is 18.8 Å². The van der Waals surface area contributed by atoms with Crippen LogP contribution in [0.4, 0.5) is 0 Å². The summed E-state index contributed by atoms with van der Waals surface area (Å²) in [5, 5.41) is 4.19. The molecule has 0 aromatic carbocycles. The van der Waals surface area contributed by atoms with Crippen LogP contribution in [-0.4, -0.2) is 64.0 Å². The normalized spacial score (nSPS) is 19.2. The van der Waals surface area contributed by atoms with Crippen LogP contribution in [0.2, 0.25) is 0 Å². The van der Waals surface area contributed by atoms with Crippen LogP contribution in [0.3, 0.4) is 0 Å². The molecule has 9 heteroatoms. The van der Waals surface area contributed by atoms with Crippen molar-refractivity contribution in [3.8, 4) is 11.3 Å². The van der Waals surface area contributed by atoms with Gasteiger partial charge in [-0.3, -0.25) is 14.6 Å². The van der Waals surface area contributed by atoms with Gasteiger partial charge in [0.25, 0.3) is 10.2 Å². The Bertz CT molecular complexity index is 817. The third-order valence-electron chi connectivity index (χ3n) is 4.27. The topological polar surface area (TPSA) is 84.2 Å². The molecule has 1 aliphatic heterocycles. The first-order valence-corrected chi connectivity index (χ1v) is 9.24. The summed E-state index contributed by atoms with van der Waals surface area (Å²) in [6.07, 6.45) is 8.56. The maximum atomic E-state index is 12.2. The predicted octanol–water partition coefficient (Wildman–Crippen LogP) is 0.548. The van der Waals surface area contributed by atoms with Crippen molar-refractivity contribution in [2.45, 2.75) is 12.8 Å². The lowest BCUT2D eigenvalue weighted by molar-refractivity contribution is 0.409. The molecule has 130 valence electrons. The molecule has 1 aliphatic rings. The summed E-state index contributed by atoms with van der Waals surface area (Å²) in [4.78, 5) is 8.92. The summed E-state index contributed by atoms with van der Waals surface area (Å²) < 4.78 is 29.0. The third kappa shape index (κ3) is 3.33. The Morgan fingerprint density at radius 1 is 1.29 bits per heavy atom. The molecule has 2 aromatic rings. The van der Waals surface area contributed by atoms with Gasteiger partial charge in [0.1, 0.15) is 0 Å². The van der Waals surface area contributed by atoms with Gasteiger partial charge < -0.3 is 0 Å². The quantitative estimate of drug-likeness (QED) is 0.786. The molecule has 0 amide bonds. The lowest BCUT2D eigenvalue weighted by Gasteiger charge is -2.20. The van der Waals surface area contributed by atoms with Crippen molar-refractivity contribution in [1.82, 2.24) is 28.4 Å². The van der Waals surface area contributed by atoms with Crippen molar-refractivity contribution < 1.29 is 8.42 Å². The van der Waals surface area contributed by atoms with Crippen molar-refractivity contribution in [1.29, 1.82) is 0 Å². The number of rotatable bonds is 5. The lowest BCUT2D eigenvalue weighted by atomic mass is 10.00.